The van der Waals surface area contributed by atoms with Gasteiger partial charge in [-0.05, 0) is 62.8 Å². The molecule has 3 fully saturated rings. The van der Waals surface area contributed by atoms with Gasteiger partial charge in [0.2, 0.25) is 6.08 Å². The van der Waals surface area contributed by atoms with Gasteiger partial charge in [-0.1, -0.05) is 88.1 Å². The lowest BCUT2D eigenvalue weighted by atomic mass is 9.93. The van der Waals surface area contributed by atoms with Crippen molar-refractivity contribution in [1.29, 1.82) is 0 Å². The number of isocyanates is 1. The summed E-state index contributed by atoms with van der Waals surface area (Å²) in [4.78, 5) is 29.3. The normalized spacial score (nSPS) is 18.8. The highest BCUT2D eigenvalue weighted by Gasteiger charge is 2.33. The minimum atomic E-state index is 0.0432. The molecule has 0 atom stereocenters. The zero-order valence-electron chi connectivity index (χ0n) is 23.6. The van der Waals surface area contributed by atoms with Gasteiger partial charge in [0.05, 0.1) is 17.2 Å². The fraction of sp³-hybridized carbons (Fsp3) is 0.545. The molecule has 3 aromatic rings. The van der Waals surface area contributed by atoms with Crippen LogP contribution in [0.2, 0.25) is 0 Å². The van der Waals surface area contributed by atoms with Gasteiger partial charge in [-0.3, -0.25) is 4.90 Å². The van der Waals surface area contributed by atoms with Crippen LogP contribution < -0.4 is 10.2 Å². The first kappa shape index (κ1) is 28.1. The van der Waals surface area contributed by atoms with E-state index in [2.05, 4.69) is 33.4 Å². The average Bonchev–Trinajstić information content (AvgIpc) is 3.39. The number of aliphatic imine (C=N–C) groups is 1. The lowest BCUT2D eigenvalue weighted by Crippen LogP contribution is -2.51. The van der Waals surface area contributed by atoms with Crippen LogP contribution in [-0.4, -0.2) is 40.0 Å². The maximum atomic E-state index is 13.8. The van der Waals surface area contributed by atoms with Crippen LogP contribution in [0.4, 0.5) is 10.6 Å². The topological polar surface area (TPSA) is 79.6 Å². The van der Waals surface area contributed by atoms with Gasteiger partial charge in [0.15, 0.2) is 0 Å². The maximum absolute atomic E-state index is 13.8. The fourth-order valence-electron chi connectivity index (χ4n) is 6.55. The molecule has 212 valence electrons. The summed E-state index contributed by atoms with van der Waals surface area (Å²) in [7, 11) is 0. The van der Waals surface area contributed by atoms with Crippen molar-refractivity contribution in [2.45, 2.75) is 114 Å². The molecule has 3 aliphatic carbocycles. The first-order valence-corrected chi connectivity index (χ1v) is 15.4. The molecule has 7 nitrogen and oxygen atoms in total. The molecular formula is C33H43N5O2. The summed E-state index contributed by atoms with van der Waals surface area (Å²) in [5, 5.41) is 9.35. The van der Waals surface area contributed by atoms with Crippen LogP contribution in [0.15, 0.2) is 59.6 Å². The van der Waals surface area contributed by atoms with E-state index in [1.54, 1.807) is 6.08 Å². The highest BCUT2D eigenvalue weighted by Crippen LogP contribution is 2.35. The number of amides is 2. The van der Waals surface area contributed by atoms with Gasteiger partial charge in [0.25, 0.3) is 0 Å². The quantitative estimate of drug-likeness (QED) is 0.264. The molecular weight excluding hydrogens is 498 g/mol. The number of carbonyl (C=O) groups is 1. The van der Waals surface area contributed by atoms with Crippen molar-refractivity contribution in [3.63, 3.8) is 0 Å². The second kappa shape index (κ2) is 14.3. The van der Waals surface area contributed by atoms with Crippen LogP contribution in [0.3, 0.4) is 0 Å². The number of benzene rings is 2. The van der Waals surface area contributed by atoms with E-state index in [0.29, 0.717) is 6.04 Å². The zero-order chi connectivity index (χ0) is 27.6. The van der Waals surface area contributed by atoms with Crippen molar-refractivity contribution in [3.8, 4) is 5.69 Å². The molecule has 0 spiro atoms. The van der Waals surface area contributed by atoms with Crippen LogP contribution >= 0.6 is 0 Å². The Labute approximate surface area is 238 Å². The lowest BCUT2D eigenvalue weighted by Gasteiger charge is -2.36. The molecule has 6 rings (SSSR count). The molecule has 7 heteroatoms. The number of hydrogen-bond acceptors (Lipinski definition) is 4. The van der Waals surface area contributed by atoms with Gasteiger partial charge in [-0.2, -0.15) is 5.10 Å². The summed E-state index contributed by atoms with van der Waals surface area (Å²) in [5.41, 5.74) is 1.91. The molecule has 0 saturated heterocycles. The highest BCUT2D eigenvalue weighted by atomic mass is 16.2. The summed E-state index contributed by atoms with van der Waals surface area (Å²) in [6, 6.07) is 19.2. The molecule has 0 bridgehead atoms. The van der Waals surface area contributed by atoms with Crippen LogP contribution in [0.25, 0.3) is 16.6 Å². The van der Waals surface area contributed by atoms with Gasteiger partial charge in [0.1, 0.15) is 5.82 Å². The number of anilines is 1. The molecule has 0 radical (unpaired) electrons. The largest absolute Gasteiger partial charge is 0.335 e. The number of hydrogen-bond donors (Lipinski definition) is 1. The lowest BCUT2D eigenvalue weighted by molar-refractivity contribution is 0.233. The predicted octanol–water partition coefficient (Wildman–Crippen LogP) is 7.86. The first-order chi connectivity index (χ1) is 19.7. The Morgan fingerprint density at radius 3 is 2.08 bits per heavy atom. The third-order valence-corrected chi connectivity index (χ3v) is 8.68. The van der Waals surface area contributed by atoms with E-state index in [1.165, 1.54) is 57.8 Å². The third kappa shape index (κ3) is 7.00. The number of fused-ring (bicyclic) bond motifs is 1. The summed E-state index contributed by atoms with van der Waals surface area (Å²) >= 11 is 0. The number of urea groups is 1. The third-order valence-electron chi connectivity index (χ3n) is 8.68. The van der Waals surface area contributed by atoms with Crippen molar-refractivity contribution in [3.05, 3.63) is 54.6 Å². The smallest absolute Gasteiger partial charge is 0.323 e. The Balaban J connectivity index is 0.000000306. The van der Waals surface area contributed by atoms with Crippen molar-refractivity contribution < 1.29 is 9.59 Å². The van der Waals surface area contributed by atoms with Crippen molar-refractivity contribution in [2.24, 2.45) is 4.99 Å². The second-order valence-electron chi connectivity index (χ2n) is 11.5. The van der Waals surface area contributed by atoms with E-state index >= 15 is 0 Å². The summed E-state index contributed by atoms with van der Waals surface area (Å²) < 4.78 is 1.97. The number of nitrogens with one attached hydrogen (secondary N) is 1. The summed E-state index contributed by atoms with van der Waals surface area (Å²) in [6.07, 6.45) is 19.1. The van der Waals surface area contributed by atoms with Crippen LogP contribution in [0.5, 0.6) is 0 Å². The molecule has 1 N–H and O–H groups in total. The maximum Gasteiger partial charge on any atom is 0.323 e. The Hall–Kier alpha value is -3.44. The molecule has 40 heavy (non-hydrogen) atoms. The minimum Gasteiger partial charge on any atom is -0.335 e. The van der Waals surface area contributed by atoms with E-state index in [0.717, 1.165) is 60.9 Å². The van der Waals surface area contributed by atoms with E-state index < -0.39 is 0 Å². The van der Waals surface area contributed by atoms with Crippen LogP contribution in [0.1, 0.15) is 96.3 Å². The van der Waals surface area contributed by atoms with Crippen molar-refractivity contribution >= 4 is 28.8 Å². The van der Waals surface area contributed by atoms with E-state index in [-0.39, 0.29) is 18.1 Å². The molecule has 2 amide bonds. The van der Waals surface area contributed by atoms with Crippen molar-refractivity contribution in [2.75, 3.05) is 4.90 Å². The van der Waals surface area contributed by atoms with Gasteiger partial charge in [-0.25, -0.2) is 19.3 Å². The van der Waals surface area contributed by atoms with Crippen molar-refractivity contribution in [1.82, 2.24) is 15.1 Å². The number of nitrogens with zero attached hydrogens (tertiary/aromatic N) is 4. The standard InChI is InChI=1S/C26H32N4O.C7H11NO/c31-26(27-20-12-4-1-5-13-20)29(21-14-6-2-7-15-21)25-23-18-10-11-19-24(23)28-30(25)22-16-8-3-9-17-22;9-6-8-7-4-2-1-3-5-7/h3,8-11,16-21H,1-2,4-7,12-15H2,(H,27,31);7H,1-5H2. The van der Waals surface area contributed by atoms with Crippen LogP contribution in [0, 0.1) is 0 Å². The Morgan fingerprint density at radius 1 is 0.800 bits per heavy atom. The van der Waals surface area contributed by atoms with E-state index in [9.17, 15) is 9.59 Å². The fourth-order valence-corrected chi connectivity index (χ4v) is 6.55. The molecule has 1 heterocycles. The summed E-state index contributed by atoms with van der Waals surface area (Å²) in [6.45, 7) is 0. The number of carbonyl (C=O) groups excluding carboxylic acids is 2. The number of para-hydroxylation sites is 1. The van der Waals surface area contributed by atoms with Gasteiger partial charge in [-0.15, -0.1) is 0 Å². The summed E-state index contributed by atoms with van der Waals surface area (Å²) in [5.74, 6) is 0.905. The Kier molecular flexibility index (Phi) is 10.0. The minimum absolute atomic E-state index is 0.0432. The number of aromatic nitrogens is 2. The van der Waals surface area contributed by atoms with Gasteiger partial charge in [0, 0.05) is 17.5 Å². The molecule has 3 aliphatic rings. The first-order valence-electron chi connectivity index (χ1n) is 15.4. The Bertz CT molecular complexity index is 1260. The number of rotatable bonds is 5. The van der Waals surface area contributed by atoms with Gasteiger partial charge < -0.3 is 5.32 Å². The molecule has 0 unspecified atom stereocenters. The Morgan fingerprint density at radius 2 is 1.40 bits per heavy atom. The highest BCUT2D eigenvalue weighted by molar-refractivity contribution is 6.02. The molecule has 2 aromatic carbocycles. The van der Waals surface area contributed by atoms with E-state index in [4.69, 9.17) is 5.10 Å². The monoisotopic (exact) mass is 541 g/mol. The molecule has 0 aliphatic heterocycles. The molecule has 1 aromatic heterocycles. The SMILES string of the molecule is O=C(NC1CCCCC1)N(c1c2ccccc2nn1-c1ccccc1)C1CCCCC1.O=C=NC1CCCCC1. The molecule has 3 saturated carbocycles. The predicted molar refractivity (Wildman–Crippen MR) is 161 cm³/mol. The van der Waals surface area contributed by atoms with Crippen LogP contribution in [-0.2, 0) is 4.79 Å². The van der Waals surface area contributed by atoms with E-state index in [1.807, 2.05) is 41.1 Å². The second-order valence-corrected chi connectivity index (χ2v) is 11.5. The zero-order valence-corrected chi connectivity index (χ0v) is 23.6. The average molecular weight is 542 g/mol. The van der Waals surface area contributed by atoms with Gasteiger partial charge >= 0.3 is 6.03 Å².